The molecule has 1 saturated heterocycles. The summed E-state index contributed by atoms with van der Waals surface area (Å²) in [5.74, 6) is 1.91. The molecule has 1 aliphatic carbocycles. The summed E-state index contributed by atoms with van der Waals surface area (Å²) < 4.78 is 56.6. The van der Waals surface area contributed by atoms with Crippen molar-refractivity contribution >= 4 is 28.2 Å². The number of benzene rings is 1. The summed E-state index contributed by atoms with van der Waals surface area (Å²) in [6, 6.07) is 0.619. The molecule has 1 saturated carbocycles. The molecule has 1 aromatic heterocycles. The van der Waals surface area contributed by atoms with Crippen molar-refractivity contribution < 1.29 is 17.6 Å². The van der Waals surface area contributed by atoms with E-state index in [4.69, 9.17) is 23.2 Å². The first-order chi connectivity index (χ1) is 13.6. The molecule has 2 heterocycles. The van der Waals surface area contributed by atoms with E-state index in [1.165, 1.54) is 9.47 Å². The van der Waals surface area contributed by atoms with E-state index in [1.807, 2.05) is 0 Å². The Labute approximate surface area is 166 Å². The normalized spacial score (nSPS) is 22.6. The van der Waals surface area contributed by atoms with E-state index in [0.717, 1.165) is 6.07 Å². The van der Waals surface area contributed by atoms with Gasteiger partial charge in [0.2, 0.25) is 0 Å². The molecule has 0 amide bonds. The zero-order valence-electron chi connectivity index (χ0n) is 15.0. The predicted molar refractivity (Wildman–Crippen MR) is 100 cm³/mol. The van der Waals surface area contributed by atoms with E-state index < -0.39 is 41.6 Å². The molecule has 0 unspecified atom stereocenters. The van der Waals surface area contributed by atoms with Gasteiger partial charge in [-0.1, -0.05) is 11.6 Å². The minimum absolute atomic E-state index is 0.0120. The van der Waals surface area contributed by atoms with Gasteiger partial charge in [0.05, 0.1) is 27.5 Å². The standard InChI is InChI=1S/C17H18ClF4N5O2/c18-12-13-9(15(28)27(24)16(29)26(13)8-1-2-8)3-11(19)14(12)25-5-7(4-23)10(6-25)17(20,21)22/h3,7-8,10H,1-2,4-6,23-24H2/t7-,10-/m0/s1. The van der Waals surface area contributed by atoms with Crippen molar-refractivity contribution in [2.75, 3.05) is 30.4 Å². The number of anilines is 1. The molecular formula is C17H18ClF4N5O2. The van der Waals surface area contributed by atoms with Crippen LogP contribution in [0.5, 0.6) is 0 Å². The number of nitrogens with two attached hydrogens (primary N) is 2. The van der Waals surface area contributed by atoms with Gasteiger partial charge in [-0.2, -0.15) is 17.8 Å². The van der Waals surface area contributed by atoms with Crippen LogP contribution in [0.25, 0.3) is 10.9 Å². The molecule has 0 bridgehead atoms. The van der Waals surface area contributed by atoms with Gasteiger partial charge in [0, 0.05) is 25.0 Å². The van der Waals surface area contributed by atoms with E-state index in [2.05, 4.69) is 0 Å². The molecule has 0 spiro atoms. The fourth-order valence-corrected chi connectivity index (χ4v) is 4.45. The van der Waals surface area contributed by atoms with Crippen molar-refractivity contribution in [3.8, 4) is 0 Å². The number of fused-ring (bicyclic) bond motifs is 1. The minimum Gasteiger partial charge on any atom is -0.367 e. The Balaban J connectivity index is 1.93. The first-order valence-electron chi connectivity index (χ1n) is 9.02. The number of nitrogen functional groups attached to an aromatic ring is 1. The number of halogens is 5. The maximum Gasteiger partial charge on any atom is 0.393 e. The van der Waals surface area contributed by atoms with E-state index in [-0.39, 0.29) is 40.7 Å². The highest BCUT2D eigenvalue weighted by Gasteiger charge is 2.50. The minimum atomic E-state index is -4.50. The Bertz CT molecular complexity index is 1110. The van der Waals surface area contributed by atoms with Gasteiger partial charge in [-0.05, 0) is 25.5 Å². The Morgan fingerprint density at radius 3 is 2.38 bits per heavy atom. The summed E-state index contributed by atoms with van der Waals surface area (Å²) in [7, 11) is 0. The maximum atomic E-state index is 14.9. The topological polar surface area (TPSA) is 99.3 Å². The molecule has 4 rings (SSSR count). The van der Waals surface area contributed by atoms with Crippen LogP contribution >= 0.6 is 11.6 Å². The molecular weight excluding hydrogens is 418 g/mol. The highest BCUT2D eigenvalue weighted by Crippen LogP contribution is 2.44. The fourth-order valence-electron chi connectivity index (χ4n) is 4.05. The molecule has 158 valence electrons. The molecule has 2 atom stereocenters. The van der Waals surface area contributed by atoms with Crippen LogP contribution < -0.4 is 27.7 Å². The monoisotopic (exact) mass is 435 g/mol. The van der Waals surface area contributed by atoms with Crippen LogP contribution in [0, 0.1) is 17.7 Å². The molecule has 7 nitrogen and oxygen atoms in total. The molecule has 4 N–H and O–H groups in total. The van der Waals surface area contributed by atoms with Crippen LogP contribution in [-0.4, -0.2) is 35.1 Å². The highest BCUT2D eigenvalue weighted by molar-refractivity contribution is 6.38. The van der Waals surface area contributed by atoms with E-state index >= 15 is 0 Å². The van der Waals surface area contributed by atoms with Gasteiger partial charge in [-0.15, -0.1) is 0 Å². The summed E-state index contributed by atoms with van der Waals surface area (Å²) in [6.07, 6.45) is -3.21. The van der Waals surface area contributed by atoms with E-state index in [9.17, 15) is 27.2 Å². The SMILES string of the molecule is NC[C@H]1CN(c2c(F)cc3c(=O)n(N)c(=O)n(C4CC4)c3c2Cl)C[C@@H]1C(F)(F)F. The molecule has 1 aromatic carbocycles. The van der Waals surface area contributed by atoms with Gasteiger partial charge in [-0.25, -0.2) is 9.18 Å². The quantitative estimate of drug-likeness (QED) is 0.563. The van der Waals surface area contributed by atoms with Crippen molar-refractivity contribution in [3.05, 3.63) is 37.7 Å². The van der Waals surface area contributed by atoms with Crippen LogP contribution in [0.3, 0.4) is 0 Å². The summed E-state index contributed by atoms with van der Waals surface area (Å²) in [5.41, 5.74) is 3.48. The Kier molecular flexibility index (Phi) is 4.57. The molecule has 12 heteroatoms. The number of rotatable bonds is 3. The molecule has 0 radical (unpaired) electrons. The van der Waals surface area contributed by atoms with Gasteiger partial charge < -0.3 is 16.5 Å². The first-order valence-corrected chi connectivity index (χ1v) is 9.40. The summed E-state index contributed by atoms with van der Waals surface area (Å²) in [4.78, 5) is 26.1. The van der Waals surface area contributed by atoms with Gasteiger partial charge in [0.1, 0.15) is 5.82 Å². The van der Waals surface area contributed by atoms with Crippen molar-refractivity contribution in [1.29, 1.82) is 0 Å². The molecule has 2 aliphatic rings. The van der Waals surface area contributed by atoms with Gasteiger partial charge in [0.25, 0.3) is 5.56 Å². The first kappa shape index (κ1) is 20.0. The van der Waals surface area contributed by atoms with E-state index in [1.54, 1.807) is 0 Å². The second kappa shape index (κ2) is 6.63. The molecule has 2 aromatic rings. The van der Waals surface area contributed by atoms with Gasteiger partial charge >= 0.3 is 11.9 Å². The Morgan fingerprint density at radius 2 is 1.86 bits per heavy atom. The second-order valence-corrected chi connectivity index (χ2v) is 7.90. The third-order valence-corrected chi connectivity index (χ3v) is 6.02. The van der Waals surface area contributed by atoms with Crippen LogP contribution in [-0.2, 0) is 0 Å². The summed E-state index contributed by atoms with van der Waals surface area (Å²) >= 11 is 6.41. The van der Waals surface area contributed by atoms with Crippen molar-refractivity contribution in [1.82, 2.24) is 9.24 Å². The number of hydrogen-bond acceptors (Lipinski definition) is 5. The van der Waals surface area contributed by atoms with Crippen LogP contribution in [0.15, 0.2) is 15.7 Å². The largest absolute Gasteiger partial charge is 0.393 e. The number of nitrogens with zero attached hydrogens (tertiary/aromatic N) is 3. The summed E-state index contributed by atoms with van der Waals surface area (Å²) in [5, 5.41) is -0.479. The Hall–Kier alpha value is -2.27. The molecule has 2 fully saturated rings. The fraction of sp³-hybridized carbons (Fsp3) is 0.529. The third kappa shape index (κ3) is 3.07. The van der Waals surface area contributed by atoms with Crippen LogP contribution in [0.2, 0.25) is 5.02 Å². The maximum absolute atomic E-state index is 14.9. The smallest absolute Gasteiger partial charge is 0.367 e. The zero-order chi connectivity index (χ0) is 21.2. The van der Waals surface area contributed by atoms with Crippen molar-refractivity contribution in [2.45, 2.75) is 25.1 Å². The van der Waals surface area contributed by atoms with Crippen LogP contribution in [0.4, 0.5) is 23.2 Å². The van der Waals surface area contributed by atoms with Gasteiger partial charge in [-0.3, -0.25) is 9.36 Å². The van der Waals surface area contributed by atoms with Crippen molar-refractivity contribution in [2.24, 2.45) is 17.6 Å². The predicted octanol–water partition coefficient (Wildman–Crippen LogP) is 1.58. The highest BCUT2D eigenvalue weighted by atomic mass is 35.5. The Morgan fingerprint density at radius 1 is 1.21 bits per heavy atom. The lowest BCUT2D eigenvalue weighted by Crippen LogP contribution is -2.44. The molecule has 1 aliphatic heterocycles. The number of alkyl halides is 3. The lowest BCUT2D eigenvalue weighted by molar-refractivity contribution is -0.177. The number of aromatic nitrogens is 2. The zero-order valence-corrected chi connectivity index (χ0v) is 15.8. The molecule has 29 heavy (non-hydrogen) atoms. The lowest BCUT2D eigenvalue weighted by atomic mass is 9.96. The van der Waals surface area contributed by atoms with Gasteiger partial charge in [0.15, 0.2) is 0 Å². The van der Waals surface area contributed by atoms with Crippen LogP contribution in [0.1, 0.15) is 18.9 Å². The average Bonchev–Trinajstić information content (AvgIpc) is 3.38. The number of hydrogen-bond donors (Lipinski definition) is 2. The summed E-state index contributed by atoms with van der Waals surface area (Å²) in [6.45, 7) is -0.891. The second-order valence-electron chi connectivity index (χ2n) is 7.52. The van der Waals surface area contributed by atoms with Crippen molar-refractivity contribution in [3.63, 3.8) is 0 Å². The van der Waals surface area contributed by atoms with E-state index in [0.29, 0.717) is 17.5 Å². The lowest BCUT2D eigenvalue weighted by Gasteiger charge is -2.23. The third-order valence-electron chi connectivity index (χ3n) is 5.66. The average molecular weight is 436 g/mol.